The predicted molar refractivity (Wildman–Crippen MR) is 108 cm³/mol. The number of nitrogens with zero attached hydrogens (tertiary/aromatic N) is 1. The molecule has 0 saturated carbocycles. The SMILES string of the molecule is COc1cccc(/C=N/Nc2ccccc2C(=O)O)c1OCc1ccccc1. The average molecular weight is 376 g/mol. The molecule has 2 N–H and O–H groups in total. The first kappa shape index (κ1) is 19.0. The molecule has 6 heteroatoms. The second kappa shape index (κ2) is 9.23. The number of nitrogens with one attached hydrogen (secondary N) is 1. The van der Waals surface area contributed by atoms with Gasteiger partial charge in [0.15, 0.2) is 11.5 Å². The van der Waals surface area contributed by atoms with E-state index in [4.69, 9.17) is 9.47 Å². The molecule has 0 unspecified atom stereocenters. The van der Waals surface area contributed by atoms with Crippen molar-refractivity contribution in [2.24, 2.45) is 5.10 Å². The Morgan fingerprint density at radius 1 is 1.04 bits per heavy atom. The lowest BCUT2D eigenvalue weighted by Crippen LogP contribution is -2.03. The van der Waals surface area contributed by atoms with Crippen LogP contribution >= 0.6 is 0 Å². The Hall–Kier alpha value is -3.80. The molecular formula is C22H20N2O4. The van der Waals surface area contributed by atoms with Crippen molar-refractivity contribution in [1.29, 1.82) is 0 Å². The number of hydrazone groups is 1. The van der Waals surface area contributed by atoms with Crippen molar-refractivity contribution in [3.05, 3.63) is 89.5 Å². The number of methoxy groups -OCH3 is 1. The largest absolute Gasteiger partial charge is 0.493 e. The number of carboxylic acids is 1. The molecule has 0 aliphatic carbocycles. The molecule has 0 spiro atoms. The fraction of sp³-hybridized carbons (Fsp3) is 0.0909. The van der Waals surface area contributed by atoms with E-state index in [9.17, 15) is 9.90 Å². The van der Waals surface area contributed by atoms with Gasteiger partial charge in [0.05, 0.1) is 24.6 Å². The molecular weight excluding hydrogens is 356 g/mol. The lowest BCUT2D eigenvalue weighted by molar-refractivity contribution is 0.0698. The van der Waals surface area contributed by atoms with Crippen LogP contribution < -0.4 is 14.9 Å². The van der Waals surface area contributed by atoms with Crippen LogP contribution in [0.5, 0.6) is 11.5 Å². The monoisotopic (exact) mass is 376 g/mol. The molecule has 0 fully saturated rings. The molecule has 0 saturated heterocycles. The highest BCUT2D eigenvalue weighted by molar-refractivity contribution is 5.94. The number of aromatic carboxylic acids is 1. The zero-order valence-corrected chi connectivity index (χ0v) is 15.3. The number of para-hydroxylation sites is 2. The number of anilines is 1. The van der Waals surface area contributed by atoms with Crippen molar-refractivity contribution in [3.63, 3.8) is 0 Å². The predicted octanol–water partition coefficient (Wildman–Crippen LogP) is 4.42. The lowest BCUT2D eigenvalue weighted by atomic mass is 10.2. The zero-order valence-electron chi connectivity index (χ0n) is 15.3. The minimum atomic E-state index is -1.02. The fourth-order valence-corrected chi connectivity index (χ4v) is 2.62. The van der Waals surface area contributed by atoms with E-state index in [1.165, 1.54) is 6.07 Å². The highest BCUT2D eigenvalue weighted by atomic mass is 16.5. The third-order valence-electron chi connectivity index (χ3n) is 4.00. The van der Waals surface area contributed by atoms with Crippen LogP contribution in [0.25, 0.3) is 0 Å². The van der Waals surface area contributed by atoms with E-state index in [1.54, 1.807) is 31.5 Å². The van der Waals surface area contributed by atoms with Gasteiger partial charge in [0, 0.05) is 5.56 Å². The Balaban J connectivity index is 1.80. The summed E-state index contributed by atoms with van der Waals surface area (Å²) in [5, 5.41) is 13.4. The number of hydrogen-bond acceptors (Lipinski definition) is 5. The maximum absolute atomic E-state index is 11.3. The average Bonchev–Trinajstić information content (AvgIpc) is 2.73. The van der Waals surface area contributed by atoms with Crippen molar-refractivity contribution in [1.82, 2.24) is 0 Å². The minimum Gasteiger partial charge on any atom is -0.493 e. The summed E-state index contributed by atoms with van der Waals surface area (Å²) in [6.07, 6.45) is 1.57. The zero-order chi connectivity index (χ0) is 19.8. The first-order valence-electron chi connectivity index (χ1n) is 8.64. The van der Waals surface area contributed by atoms with Crippen LogP contribution in [0, 0.1) is 0 Å². The third kappa shape index (κ3) is 4.67. The standard InChI is InChI=1S/C22H20N2O4/c1-27-20-13-7-10-17(21(20)28-15-16-8-3-2-4-9-16)14-23-24-19-12-6-5-11-18(19)22(25)26/h2-14,24H,15H2,1H3,(H,25,26)/b23-14+. The Morgan fingerprint density at radius 3 is 2.54 bits per heavy atom. The number of carboxylic acid groups (broad SMARTS) is 1. The molecule has 0 aromatic heterocycles. The number of benzene rings is 3. The first-order chi connectivity index (χ1) is 13.7. The summed E-state index contributed by atoms with van der Waals surface area (Å²) in [5.74, 6) is 0.128. The maximum atomic E-state index is 11.3. The van der Waals surface area contributed by atoms with E-state index >= 15 is 0 Å². The van der Waals surface area contributed by atoms with Crippen molar-refractivity contribution < 1.29 is 19.4 Å². The highest BCUT2D eigenvalue weighted by Gasteiger charge is 2.11. The van der Waals surface area contributed by atoms with Crippen LogP contribution in [-0.2, 0) is 6.61 Å². The lowest BCUT2D eigenvalue weighted by Gasteiger charge is -2.13. The topological polar surface area (TPSA) is 80.2 Å². The molecule has 28 heavy (non-hydrogen) atoms. The van der Waals surface area contributed by atoms with Gasteiger partial charge in [0.2, 0.25) is 0 Å². The maximum Gasteiger partial charge on any atom is 0.337 e. The van der Waals surface area contributed by atoms with Gasteiger partial charge in [-0.05, 0) is 29.8 Å². The second-order valence-corrected chi connectivity index (χ2v) is 5.87. The molecule has 0 aliphatic rings. The van der Waals surface area contributed by atoms with Crippen LogP contribution in [0.2, 0.25) is 0 Å². The molecule has 0 radical (unpaired) electrons. The number of carbonyl (C=O) groups is 1. The molecule has 0 amide bonds. The van der Waals surface area contributed by atoms with Gasteiger partial charge in [-0.3, -0.25) is 5.43 Å². The van der Waals surface area contributed by atoms with Crippen molar-refractivity contribution in [3.8, 4) is 11.5 Å². The van der Waals surface area contributed by atoms with Crippen LogP contribution in [0.4, 0.5) is 5.69 Å². The Bertz CT molecular complexity index is 971. The Morgan fingerprint density at radius 2 is 1.79 bits per heavy atom. The van der Waals surface area contributed by atoms with Gasteiger partial charge in [-0.2, -0.15) is 5.10 Å². The van der Waals surface area contributed by atoms with E-state index in [0.717, 1.165) is 5.56 Å². The first-order valence-corrected chi connectivity index (χ1v) is 8.64. The van der Waals surface area contributed by atoms with E-state index < -0.39 is 5.97 Å². The summed E-state index contributed by atoms with van der Waals surface area (Å²) >= 11 is 0. The normalized spacial score (nSPS) is 10.6. The van der Waals surface area contributed by atoms with Gasteiger partial charge in [-0.25, -0.2) is 4.79 Å². The van der Waals surface area contributed by atoms with Gasteiger partial charge in [-0.15, -0.1) is 0 Å². The third-order valence-corrected chi connectivity index (χ3v) is 4.00. The Labute approximate surface area is 163 Å². The summed E-state index contributed by atoms with van der Waals surface area (Å²) in [6, 6.07) is 21.9. The summed E-state index contributed by atoms with van der Waals surface area (Å²) < 4.78 is 11.4. The molecule has 0 heterocycles. The smallest absolute Gasteiger partial charge is 0.337 e. The van der Waals surface area contributed by atoms with Crippen LogP contribution in [0.3, 0.4) is 0 Å². The van der Waals surface area contributed by atoms with Gasteiger partial charge >= 0.3 is 5.97 Å². The highest BCUT2D eigenvalue weighted by Crippen LogP contribution is 2.31. The van der Waals surface area contributed by atoms with E-state index in [0.29, 0.717) is 29.4 Å². The number of rotatable bonds is 8. The molecule has 3 aromatic carbocycles. The molecule has 3 rings (SSSR count). The summed E-state index contributed by atoms with van der Waals surface area (Å²) in [4.78, 5) is 11.3. The van der Waals surface area contributed by atoms with Crippen molar-refractivity contribution in [2.75, 3.05) is 12.5 Å². The summed E-state index contributed by atoms with van der Waals surface area (Å²) in [7, 11) is 1.58. The fourth-order valence-electron chi connectivity index (χ4n) is 2.62. The molecule has 0 aliphatic heterocycles. The van der Waals surface area contributed by atoms with Crippen LogP contribution in [-0.4, -0.2) is 24.4 Å². The second-order valence-electron chi connectivity index (χ2n) is 5.87. The molecule has 3 aromatic rings. The van der Waals surface area contributed by atoms with Gasteiger partial charge in [-0.1, -0.05) is 48.5 Å². The van der Waals surface area contributed by atoms with Crippen molar-refractivity contribution in [2.45, 2.75) is 6.61 Å². The summed E-state index contributed by atoms with van der Waals surface area (Å²) in [5.41, 5.74) is 5.06. The molecule has 0 atom stereocenters. The quantitative estimate of drug-likeness (QED) is 0.449. The van der Waals surface area contributed by atoms with Crippen molar-refractivity contribution >= 4 is 17.9 Å². The van der Waals surface area contributed by atoms with E-state index in [-0.39, 0.29) is 5.56 Å². The van der Waals surface area contributed by atoms with E-state index in [1.807, 2.05) is 48.5 Å². The van der Waals surface area contributed by atoms with Crippen LogP contribution in [0.15, 0.2) is 77.9 Å². The molecule has 0 bridgehead atoms. The minimum absolute atomic E-state index is 0.144. The number of hydrogen-bond donors (Lipinski definition) is 2. The summed E-state index contributed by atoms with van der Waals surface area (Å²) in [6.45, 7) is 0.386. The molecule has 6 nitrogen and oxygen atoms in total. The van der Waals surface area contributed by atoms with Gasteiger partial charge in [0.25, 0.3) is 0 Å². The van der Waals surface area contributed by atoms with Gasteiger partial charge < -0.3 is 14.6 Å². The van der Waals surface area contributed by atoms with Gasteiger partial charge in [0.1, 0.15) is 6.61 Å². The number of ether oxygens (including phenoxy) is 2. The van der Waals surface area contributed by atoms with E-state index in [2.05, 4.69) is 10.5 Å². The Kier molecular flexibility index (Phi) is 6.25. The van der Waals surface area contributed by atoms with Crippen LogP contribution in [0.1, 0.15) is 21.5 Å². The molecule has 142 valence electrons.